The van der Waals surface area contributed by atoms with Gasteiger partial charge in [0.2, 0.25) is 5.91 Å². The van der Waals surface area contributed by atoms with Crippen LogP contribution in [0.15, 0.2) is 48.5 Å². The van der Waals surface area contributed by atoms with Crippen LogP contribution in [0.1, 0.15) is 12.5 Å². The fraction of sp³-hybridized carbons (Fsp3) is 0.333. The fourth-order valence-electron chi connectivity index (χ4n) is 3.21. The summed E-state index contributed by atoms with van der Waals surface area (Å²) < 4.78 is 19.3. The Morgan fingerprint density at radius 3 is 2.43 bits per heavy atom. The van der Waals surface area contributed by atoms with Gasteiger partial charge in [0.05, 0.1) is 18.7 Å². The van der Waals surface area contributed by atoms with Gasteiger partial charge in [-0.2, -0.15) is 0 Å². The summed E-state index contributed by atoms with van der Waals surface area (Å²) in [6, 6.07) is 14.2. The lowest BCUT2D eigenvalue weighted by atomic mass is 10.1. The first kappa shape index (κ1) is 19.7. The van der Waals surface area contributed by atoms with Crippen LogP contribution >= 0.6 is 0 Å². The maximum Gasteiger partial charge on any atom is 0.411 e. The zero-order valence-corrected chi connectivity index (χ0v) is 15.9. The van der Waals surface area contributed by atoms with Gasteiger partial charge >= 0.3 is 6.09 Å². The van der Waals surface area contributed by atoms with Crippen LogP contribution in [0.4, 0.5) is 20.6 Å². The van der Waals surface area contributed by atoms with Crippen LogP contribution in [-0.2, 0) is 16.0 Å². The summed E-state index contributed by atoms with van der Waals surface area (Å²) in [6.45, 7) is 4.17. The minimum absolute atomic E-state index is 0.0836. The largest absolute Gasteiger partial charge is 0.450 e. The number of hydrogen-bond donors (Lipinski definition) is 1. The van der Waals surface area contributed by atoms with Crippen molar-refractivity contribution < 1.29 is 18.7 Å². The third kappa shape index (κ3) is 5.00. The van der Waals surface area contributed by atoms with Gasteiger partial charge in [-0.05, 0) is 30.7 Å². The predicted molar refractivity (Wildman–Crippen MR) is 106 cm³/mol. The lowest BCUT2D eigenvalue weighted by molar-refractivity contribution is -0.130. The van der Waals surface area contributed by atoms with Crippen molar-refractivity contribution in [2.24, 2.45) is 0 Å². The number of anilines is 2. The van der Waals surface area contributed by atoms with E-state index in [1.165, 1.54) is 6.07 Å². The molecule has 0 unspecified atom stereocenters. The number of carbonyl (C=O) groups excluding carboxylic acids is 2. The van der Waals surface area contributed by atoms with Gasteiger partial charge in [0.25, 0.3) is 0 Å². The summed E-state index contributed by atoms with van der Waals surface area (Å²) in [5.41, 5.74) is 1.80. The van der Waals surface area contributed by atoms with Crippen molar-refractivity contribution in [1.29, 1.82) is 0 Å². The molecule has 3 rings (SSSR count). The average molecular weight is 385 g/mol. The minimum atomic E-state index is -0.611. The Morgan fingerprint density at radius 1 is 1.07 bits per heavy atom. The molecule has 7 heteroatoms. The molecule has 0 spiro atoms. The number of halogens is 1. The molecule has 148 valence electrons. The Balaban J connectivity index is 1.55. The summed E-state index contributed by atoms with van der Waals surface area (Å²) in [5, 5.41) is 2.49. The van der Waals surface area contributed by atoms with Crippen LogP contribution in [0, 0.1) is 5.82 Å². The number of rotatable bonds is 5. The van der Waals surface area contributed by atoms with E-state index in [9.17, 15) is 14.0 Å². The molecular formula is C21H24FN3O3. The molecule has 1 aliphatic rings. The maximum absolute atomic E-state index is 14.5. The van der Waals surface area contributed by atoms with Crippen molar-refractivity contribution in [3.05, 3.63) is 59.9 Å². The van der Waals surface area contributed by atoms with Crippen molar-refractivity contribution in [2.75, 3.05) is 43.0 Å². The Kier molecular flexibility index (Phi) is 6.47. The molecule has 0 bridgehead atoms. The molecule has 2 amide bonds. The second kappa shape index (κ2) is 9.21. The topological polar surface area (TPSA) is 61.9 Å². The van der Waals surface area contributed by atoms with Gasteiger partial charge in [-0.25, -0.2) is 9.18 Å². The molecule has 28 heavy (non-hydrogen) atoms. The van der Waals surface area contributed by atoms with E-state index in [0.29, 0.717) is 44.0 Å². The molecule has 1 saturated heterocycles. The number of nitrogens with zero attached hydrogens (tertiary/aromatic N) is 2. The van der Waals surface area contributed by atoms with E-state index >= 15 is 0 Å². The lowest BCUT2D eigenvalue weighted by Crippen LogP contribution is -2.49. The summed E-state index contributed by atoms with van der Waals surface area (Å²) in [7, 11) is 0. The molecule has 0 atom stereocenters. The van der Waals surface area contributed by atoms with Gasteiger partial charge in [-0.15, -0.1) is 0 Å². The van der Waals surface area contributed by atoms with Crippen LogP contribution in [-0.4, -0.2) is 49.7 Å². The quantitative estimate of drug-likeness (QED) is 0.858. The summed E-state index contributed by atoms with van der Waals surface area (Å²) in [4.78, 5) is 27.6. The lowest BCUT2D eigenvalue weighted by Gasteiger charge is -2.36. The molecule has 0 aromatic heterocycles. The number of piperazine rings is 1. The summed E-state index contributed by atoms with van der Waals surface area (Å²) in [6.07, 6.45) is -0.233. The zero-order valence-electron chi connectivity index (χ0n) is 15.9. The van der Waals surface area contributed by atoms with Crippen molar-refractivity contribution in [3.8, 4) is 0 Å². The third-order valence-electron chi connectivity index (χ3n) is 4.64. The molecule has 2 aromatic rings. The van der Waals surface area contributed by atoms with Gasteiger partial charge in [-0.3, -0.25) is 10.1 Å². The number of ether oxygens (including phenoxy) is 1. The van der Waals surface area contributed by atoms with Gasteiger partial charge in [0.15, 0.2) is 0 Å². The molecular weight excluding hydrogens is 361 g/mol. The minimum Gasteiger partial charge on any atom is -0.450 e. The Hall–Kier alpha value is -3.09. The normalized spacial score (nSPS) is 13.9. The van der Waals surface area contributed by atoms with Crippen LogP contribution in [0.5, 0.6) is 0 Å². The highest BCUT2D eigenvalue weighted by atomic mass is 19.1. The van der Waals surface area contributed by atoms with Gasteiger partial charge in [0, 0.05) is 31.9 Å². The van der Waals surface area contributed by atoms with E-state index in [1.54, 1.807) is 19.1 Å². The number of carbonyl (C=O) groups is 2. The van der Waals surface area contributed by atoms with Gasteiger partial charge < -0.3 is 14.5 Å². The van der Waals surface area contributed by atoms with E-state index in [1.807, 2.05) is 40.1 Å². The number of amides is 2. The Bertz CT molecular complexity index is 821. The third-order valence-corrected chi connectivity index (χ3v) is 4.64. The van der Waals surface area contributed by atoms with Crippen LogP contribution in [0.3, 0.4) is 0 Å². The predicted octanol–water partition coefficient (Wildman–Crippen LogP) is 3.29. The van der Waals surface area contributed by atoms with Crippen LogP contribution < -0.4 is 10.2 Å². The van der Waals surface area contributed by atoms with Crippen LogP contribution in [0.25, 0.3) is 0 Å². The van der Waals surface area contributed by atoms with E-state index < -0.39 is 11.9 Å². The molecule has 1 N–H and O–H groups in total. The van der Waals surface area contributed by atoms with E-state index in [2.05, 4.69) is 5.32 Å². The standard InChI is InChI=1S/C21H24FN3O3/c1-2-28-21(27)23-17-8-9-19(18(22)15-17)24-10-12-25(13-11-24)20(26)14-16-6-4-3-5-7-16/h3-9,15H,2,10-14H2,1H3,(H,23,27). The smallest absolute Gasteiger partial charge is 0.411 e. The van der Waals surface area contributed by atoms with Gasteiger partial charge in [0.1, 0.15) is 5.82 Å². The highest BCUT2D eigenvalue weighted by Gasteiger charge is 2.23. The van der Waals surface area contributed by atoms with Crippen molar-refractivity contribution in [3.63, 3.8) is 0 Å². The SMILES string of the molecule is CCOC(=O)Nc1ccc(N2CCN(C(=O)Cc3ccccc3)CC2)c(F)c1. The summed E-state index contributed by atoms with van der Waals surface area (Å²) >= 11 is 0. The fourth-order valence-corrected chi connectivity index (χ4v) is 3.21. The number of benzene rings is 2. The average Bonchev–Trinajstić information content (AvgIpc) is 2.69. The van der Waals surface area contributed by atoms with Crippen molar-refractivity contribution in [2.45, 2.75) is 13.3 Å². The van der Waals surface area contributed by atoms with Crippen molar-refractivity contribution in [1.82, 2.24) is 4.90 Å². The molecule has 2 aromatic carbocycles. The highest BCUT2D eigenvalue weighted by Crippen LogP contribution is 2.24. The highest BCUT2D eigenvalue weighted by molar-refractivity contribution is 5.85. The Morgan fingerprint density at radius 2 is 1.79 bits per heavy atom. The first-order chi connectivity index (χ1) is 13.6. The summed E-state index contributed by atoms with van der Waals surface area (Å²) in [5.74, 6) is -0.335. The second-order valence-corrected chi connectivity index (χ2v) is 6.54. The molecule has 1 heterocycles. The second-order valence-electron chi connectivity index (χ2n) is 6.54. The molecule has 1 fully saturated rings. The van der Waals surface area contributed by atoms with Crippen LogP contribution in [0.2, 0.25) is 0 Å². The number of hydrogen-bond acceptors (Lipinski definition) is 4. The van der Waals surface area contributed by atoms with Crippen molar-refractivity contribution >= 4 is 23.4 Å². The molecule has 1 aliphatic heterocycles. The molecule has 6 nitrogen and oxygen atoms in total. The Labute approximate surface area is 163 Å². The van der Waals surface area contributed by atoms with E-state index in [-0.39, 0.29) is 12.5 Å². The first-order valence-corrected chi connectivity index (χ1v) is 9.37. The molecule has 0 radical (unpaired) electrons. The number of nitrogens with one attached hydrogen (secondary N) is 1. The zero-order chi connectivity index (χ0) is 19.9. The molecule has 0 aliphatic carbocycles. The van der Waals surface area contributed by atoms with E-state index in [4.69, 9.17) is 4.74 Å². The van der Waals surface area contributed by atoms with E-state index in [0.717, 1.165) is 5.56 Å². The first-order valence-electron chi connectivity index (χ1n) is 9.37. The molecule has 0 saturated carbocycles. The monoisotopic (exact) mass is 385 g/mol. The maximum atomic E-state index is 14.5. The van der Waals surface area contributed by atoms with Gasteiger partial charge in [-0.1, -0.05) is 30.3 Å².